The number of halogens is 1. The Kier molecular flexibility index (Phi) is 4.74. The van der Waals surface area contributed by atoms with Crippen molar-refractivity contribution in [2.75, 3.05) is 17.4 Å². The Balaban J connectivity index is 1.83. The summed E-state index contributed by atoms with van der Waals surface area (Å²) in [5.41, 5.74) is 6.73. The molecule has 0 spiro atoms. The van der Waals surface area contributed by atoms with E-state index in [2.05, 4.69) is 35.4 Å². The number of anilines is 2. The van der Waals surface area contributed by atoms with E-state index >= 15 is 0 Å². The van der Waals surface area contributed by atoms with Crippen LogP contribution in [-0.4, -0.2) is 29.9 Å². The number of carboxylic acids is 1. The standard InChI is InChI=1S/C21H22FN3O2/c1-13-11-21(2,3)25(4)19-10-18(22)15(9-17(13)19)12-23-24-16-7-5-14(6-8-16)20(26)27/h5-12,24H,1-4H3,(H,26,27)/b23-12+. The number of benzene rings is 2. The van der Waals surface area contributed by atoms with Crippen molar-refractivity contribution in [2.24, 2.45) is 5.10 Å². The number of nitrogens with zero attached hydrogens (tertiary/aromatic N) is 2. The molecular weight excluding hydrogens is 345 g/mol. The second kappa shape index (κ2) is 6.87. The summed E-state index contributed by atoms with van der Waals surface area (Å²) in [5, 5.41) is 13.0. The summed E-state index contributed by atoms with van der Waals surface area (Å²) >= 11 is 0. The summed E-state index contributed by atoms with van der Waals surface area (Å²) in [6.45, 7) is 6.20. The highest BCUT2D eigenvalue weighted by atomic mass is 19.1. The maximum Gasteiger partial charge on any atom is 0.335 e. The van der Waals surface area contributed by atoms with E-state index in [0.717, 1.165) is 16.8 Å². The Labute approximate surface area is 157 Å². The van der Waals surface area contributed by atoms with Crippen LogP contribution in [0.4, 0.5) is 15.8 Å². The SMILES string of the molecule is CC1=CC(C)(C)N(C)c2cc(F)c(/C=N/Nc3ccc(C(=O)O)cc3)cc21. The van der Waals surface area contributed by atoms with Crippen LogP contribution in [0.2, 0.25) is 0 Å². The topological polar surface area (TPSA) is 64.9 Å². The second-order valence-corrected chi connectivity index (χ2v) is 7.18. The van der Waals surface area contributed by atoms with Crippen LogP contribution >= 0.6 is 0 Å². The molecule has 0 unspecified atom stereocenters. The zero-order valence-electron chi connectivity index (χ0n) is 15.7. The Hall–Kier alpha value is -3.15. The molecule has 0 atom stereocenters. The number of aromatic carboxylic acids is 1. The summed E-state index contributed by atoms with van der Waals surface area (Å²) in [7, 11) is 1.96. The van der Waals surface area contributed by atoms with E-state index in [4.69, 9.17) is 5.11 Å². The molecule has 0 radical (unpaired) electrons. The number of hydrogen-bond donors (Lipinski definition) is 2. The van der Waals surface area contributed by atoms with Crippen LogP contribution in [0.3, 0.4) is 0 Å². The highest BCUT2D eigenvalue weighted by Crippen LogP contribution is 2.38. The molecule has 6 heteroatoms. The lowest BCUT2D eigenvalue weighted by atomic mass is 9.88. The van der Waals surface area contributed by atoms with Gasteiger partial charge < -0.3 is 10.0 Å². The smallest absolute Gasteiger partial charge is 0.335 e. The lowest BCUT2D eigenvalue weighted by Crippen LogP contribution is -2.42. The molecule has 3 rings (SSSR count). The van der Waals surface area contributed by atoms with Gasteiger partial charge in [0.25, 0.3) is 0 Å². The molecule has 140 valence electrons. The van der Waals surface area contributed by atoms with E-state index < -0.39 is 5.97 Å². The van der Waals surface area contributed by atoms with Gasteiger partial charge in [-0.1, -0.05) is 6.08 Å². The third-order valence-electron chi connectivity index (χ3n) is 4.86. The number of allylic oxidation sites excluding steroid dienone is 1. The average Bonchev–Trinajstić information content (AvgIpc) is 2.61. The average molecular weight is 367 g/mol. The molecule has 2 N–H and O–H groups in total. The van der Waals surface area contributed by atoms with E-state index in [9.17, 15) is 9.18 Å². The van der Waals surface area contributed by atoms with Crippen molar-refractivity contribution in [3.8, 4) is 0 Å². The van der Waals surface area contributed by atoms with Crippen molar-refractivity contribution in [2.45, 2.75) is 26.3 Å². The Bertz CT molecular complexity index is 947. The van der Waals surface area contributed by atoms with E-state index in [1.54, 1.807) is 18.2 Å². The first-order valence-electron chi connectivity index (χ1n) is 8.59. The third kappa shape index (κ3) is 3.69. The van der Waals surface area contributed by atoms with Gasteiger partial charge in [-0.25, -0.2) is 9.18 Å². The highest BCUT2D eigenvalue weighted by Gasteiger charge is 2.29. The van der Waals surface area contributed by atoms with Gasteiger partial charge in [-0.3, -0.25) is 5.43 Å². The molecule has 0 aromatic heterocycles. The molecule has 1 heterocycles. The number of rotatable bonds is 4. The number of carboxylic acid groups (broad SMARTS) is 1. The van der Waals surface area contributed by atoms with Crippen molar-refractivity contribution >= 4 is 29.1 Å². The monoisotopic (exact) mass is 367 g/mol. The van der Waals surface area contributed by atoms with Crippen molar-refractivity contribution < 1.29 is 14.3 Å². The molecule has 0 saturated heterocycles. The van der Waals surface area contributed by atoms with Crippen LogP contribution in [0.1, 0.15) is 42.3 Å². The fourth-order valence-corrected chi connectivity index (χ4v) is 3.15. The molecule has 1 aliphatic rings. The minimum absolute atomic E-state index is 0.178. The number of likely N-dealkylation sites (N-methyl/N-ethyl adjacent to an activating group) is 1. The van der Waals surface area contributed by atoms with Gasteiger partial charge in [-0.15, -0.1) is 0 Å². The van der Waals surface area contributed by atoms with E-state index in [-0.39, 0.29) is 16.9 Å². The molecule has 2 aromatic carbocycles. The first-order valence-corrected chi connectivity index (χ1v) is 8.59. The van der Waals surface area contributed by atoms with Gasteiger partial charge >= 0.3 is 5.97 Å². The van der Waals surface area contributed by atoms with Gasteiger partial charge in [0.05, 0.1) is 23.0 Å². The summed E-state index contributed by atoms with van der Waals surface area (Å²) in [4.78, 5) is 12.9. The Morgan fingerprint density at radius 1 is 1.26 bits per heavy atom. The summed E-state index contributed by atoms with van der Waals surface area (Å²) in [6.07, 6.45) is 3.59. The van der Waals surface area contributed by atoms with Gasteiger partial charge in [0.15, 0.2) is 0 Å². The van der Waals surface area contributed by atoms with E-state index in [1.165, 1.54) is 24.4 Å². The summed E-state index contributed by atoms with van der Waals surface area (Å²) < 4.78 is 14.6. The lowest BCUT2D eigenvalue weighted by molar-refractivity contribution is 0.0697. The van der Waals surface area contributed by atoms with Crippen molar-refractivity contribution in [1.82, 2.24) is 0 Å². The molecule has 0 aliphatic carbocycles. The third-order valence-corrected chi connectivity index (χ3v) is 4.86. The molecule has 0 bridgehead atoms. The predicted molar refractivity (Wildman–Crippen MR) is 107 cm³/mol. The van der Waals surface area contributed by atoms with Gasteiger partial charge in [-0.2, -0.15) is 5.10 Å². The van der Waals surface area contributed by atoms with Crippen LogP contribution in [0.15, 0.2) is 47.6 Å². The maximum absolute atomic E-state index is 14.6. The van der Waals surface area contributed by atoms with E-state index in [1.807, 2.05) is 14.0 Å². The molecule has 27 heavy (non-hydrogen) atoms. The molecule has 0 amide bonds. The maximum atomic E-state index is 14.6. The quantitative estimate of drug-likeness (QED) is 0.612. The fourth-order valence-electron chi connectivity index (χ4n) is 3.15. The number of hydrogen-bond acceptors (Lipinski definition) is 4. The van der Waals surface area contributed by atoms with Gasteiger partial charge in [0.1, 0.15) is 5.82 Å². The largest absolute Gasteiger partial charge is 0.478 e. The normalized spacial score (nSPS) is 15.4. The van der Waals surface area contributed by atoms with Gasteiger partial charge in [0.2, 0.25) is 0 Å². The second-order valence-electron chi connectivity index (χ2n) is 7.18. The van der Waals surface area contributed by atoms with Crippen LogP contribution in [0, 0.1) is 5.82 Å². The zero-order valence-corrected chi connectivity index (χ0v) is 15.7. The lowest BCUT2D eigenvalue weighted by Gasteiger charge is -2.40. The van der Waals surface area contributed by atoms with Crippen molar-refractivity contribution in [3.05, 3.63) is 65.0 Å². The van der Waals surface area contributed by atoms with Gasteiger partial charge in [-0.05, 0) is 62.7 Å². The molecule has 1 aliphatic heterocycles. The minimum Gasteiger partial charge on any atom is -0.478 e. The molecule has 5 nitrogen and oxygen atoms in total. The summed E-state index contributed by atoms with van der Waals surface area (Å²) in [5.74, 6) is -1.34. The van der Waals surface area contributed by atoms with E-state index in [0.29, 0.717) is 11.3 Å². The van der Waals surface area contributed by atoms with Crippen molar-refractivity contribution in [3.63, 3.8) is 0 Å². The minimum atomic E-state index is -0.988. The fraction of sp³-hybridized carbons (Fsp3) is 0.238. The molecule has 2 aromatic rings. The van der Waals surface area contributed by atoms with Crippen LogP contribution in [-0.2, 0) is 0 Å². The summed E-state index contributed by atoms with van der Waals surface area (Å²) in [6, 6.07) is 9.50. The Morgan fingerprint density at radius 2 is 1.93 bits per heavy atom. The number of carbonyl (C=O) groups is 1. The van der Waals surface area contributed by atoms with Crippen LogP contribution < -0.4 is 10.3 Å². The van der Waals surface area contributed by atoms with Crippen LogP contribution in [0.25, 0.3) is 5.57 Å². The first kappa shape index (κ1) is 18.6. The highest BCUT2D eigenvalue weighted by molar-refractivity contribution is 5.89. The zero-order chi connectivity index (χ0) is 19.8. The van der Waals surface area contributed by atoms with Crippen LogP contribution in [0.5, 0.6) is 0 Å². The first-order chi connectivity index (χ1) is 12.7. The molecule has 0 fully saturated rings. The molecule has 0 saturated carbocycles. The Morgan fingerprint density at radius 3 is 2.56 bits per heavy atom. The predicted octanol–water partition coefficient (Wildman–Crippen LogP) is 4.60. The number of fused-ring (bicyclic) bond motifs is 1. The number of hydrazone groups is 1. The van der Waals surface area contributed by atoms with Gasteiger partial charge in [0, 0.05) is 23.9 Å². The van der Waals surface area contributed by atoms with Crippen molar-refractivity contribution in [1.29, 1.82) is 0 Å². The molecular formula is C21H22FN3O2. The number of nitrogens with one attached hydrogen (secondary N) is 1.